The monoisotopic (exact) mass is 344 g/mol. The minimum absolute atomic E-state index is 0.0875. The van der Waals surface area contributed by atoms with Crippen LogP contribution < -0.4 is 10.6 Å². The maximum Gasteiger partial charge on any atom is 0.251 e. The molecule has 0 unspecified atom stereocenters. The van der Waals surface area contributed by atoms with Gasteiger partial charge in [0.25, 0.3) is 5.91 Å². The fourth-order valence-electron chi connectivity index (χ4n) is 2.67. The van der Waals surface area contributed by atoms with Crippen LogP contribution in [0.3, 0.4) is 0 Å². The zero-order valence-corrected chi connectivity index (χ0v) is 14.5. The van der Waals surface area contributed by atoms with E-state index in [1.165, 1.54) is 0 Å². The topological polar surface area (TPSA) is 58.2 Å². The van der Waals surface area contributed by atoms with Crippen LogP contribution >= 0.6 is 0 Å². The third-order valence-electron chi connectivity index (χ3n) is 3.98. The first-order valence-corrected chi connectivity index (χ1v) is 8.42. The third kappa shape index (κ3) is 4.36. The van der Waals surface area contributed by atoms with Crippen molar-refractivity contribution in [2.24, 2.45) is 0 Å². The lowest BCUT2D eigenvalue weighted by Gasteiger charge is -2.13. The molecule has 0 fully saturated rings. The largest absolute Gasteiger partial charge is 0.343 e. The number of amides is 2. The molecule has 0 aromatic heterocycles. The second-order valence-electron chi connectivity index (χ2n) is 6.01. The second kappa shape index (κ2) is 8.12. The average molecular weight is 344 g/mol. The first kappa shape index (κ1) is 17.4. The number of hydrogen-bond acceptors (Lipinski definition) is 2. The molecule has 2 N–H and O–H groups in total. The van der Waals surface area contributed by atoms with Crippen molar-refractivity contribution in [1.29, 1.82) is 0 Å². The Kier molecular flexibility index (Phi) is 5.44. The van der Waals surface area contributed by atoms with Gasteiger partial charge in [-0.2, -0.15) is 0 Å². The highest BCUT2D eigenvalue weighted by Crippen LogP contribution is 2.28. The molecule has 4 heteroatoms. The van der Waals surface area contributed by atoms with Crippen molar-refractivity contribution in [3.63, 3.8) is 0 Å². The van der Waals surface area contributed by atoms with E-state index in [2.05, 4.69) is 10.6 Å². The number of carbonyl (C=O) groups excluding carboxylic acids is 2. The summed E-state index contributed by atoms with van der Waals surface area (Å²) in [5.74, 6) is -0.539. The molecule has 0 heterocycles. The maximum absolute atomic E-state index is 12.3. The van der Waals surface area contributed by atoms with Crippen molar-refractivity contribution in [1.82, 2.24) is 5.32 Å². The Balaban J connectivity index is 1.69. The van der Waals surface area contributed by atoms with Gasteiger partial charge >= 0.3 is 0 Å². The maximum atomic E-state index is 12.3. The number of anilines is 1. The molecule has 0 aliphatic carbocycles. The minimum atomic E-state index is -0.270. The SMILES string of the molecule is Cc1ccc(NC(=O)CNC(=O)c2ccccc2)c(-c2ccccc2)c1. The van der Waals surface area contributed by atoms with E-state index >= 15 is 0 Å². The van der Waals surface area contributed by atoms with E-state index in [0.717, 1.165) is 22.4 Å². The lowest BCUT2D eigenvalue weighted by atomic mass is 10.0. The number of nitrogens with one attached hydrogen (secondary N) is 2. The van der Waals surface area contributed by atoms with Gasteiger partial charge in [0, 0.05) is 16.8 Å². The molecular weight excluding hydrogens is 324 g/mol. The smallest absolute Gasteiger partial charge is 0.251 e. The summed E-state index contributed by atoms with van der Waals surface area (Å²) in [6.07, 6.45) is 0. The van der Waals surface area contributed by atoms with Gasteiger partial charge in [0.05, 0.1) is 6.54 Å². The summed E-state index contributed by atoms with van der Waals surface area (Å²) in [5.41, 5.74) is 4.34. The molecule has 0 atom stereocenters. The number of aryl methyl sites for hydroxylation is 1. The number of carbonyl (C=O) groups is 2. The Morgan fingerprint density at radius 3 is 2.19 bits per heavy atom. The third-order valence-corrected chi connectivity index (χ3v) is 3.98. The highest BCUT2D eigenvalue weighted by molar-refractivity contribution is 6.01. The fraction of sp³-hybridized carbons (Fsp3) is 0.0909. The summed E-state index contributed by atoms with van der Waals surface area (Å²) < 4.78 is 0. The second-order valence-corrected chi connectivity index (χ2v) is 6.01. The Bertz CT molecular complexity index is 906. The van der Waals surface area contributed by atoms with Crippen LogP contribution in [-0.2, 0) is 4.79 Å². The summed E-state index contributed by atoms with van der Waals surface area (Å²) >= 11 is 0. The van der Waals surface area contributed by atoms with Crippen molar-refractivity contribution >= 4 is 17.5 Å². The van der Waals surface area contributed by atoms with Gasteiger partial charge in [-0.1, -0.05) is 60.2 Å². The van der Waals surface area contributed by atoms with Crippen LogP contribution in [0.4, 0.5) is 5.69 Å². The van der Waals surface area contributed by atoms with Crippen molar-refractivity contribution in [2.45, 2.75) is 6.92 Å². The van der Waals surface area contributed by atoms with Gasteiger partial charge in [-0.25, -0.2) is 0 Å². The summed E-state index contributed by atoms with van der Waals surface area (Å²) in [7, 11) is 0. The molecule has 0 radical (unpaired) electrons. The number of rotatable bonds is 5. The molecule has 4 nitrogen and oxygen atoms in total. The van der Waals surface area contributed by atoms with Gasteiger partial charge in [0.2, 0.25) is 5.91 Å². The highest BCUT2D eigenvalue weighted by atomic mass is 16.2. The quantitative estimate of drug-likeness (QED) is 0.734. The van der Waals surface area contributed by atoms with Crippen LogP contribution in [0.25, 0.3) is 11.1 Å². The molecule has 0 aliphatic rings. The molecule has 0 spiro atoms. The Morgan fingerprint density at radius 1 is 0.846 bits per heavy atom. The predicted molar refractivity (Wildman–Crippen MR) is 104 cm³/mol. The first-order valence-electron chi connectivity index (χ1n) is 8.42. The molecule has 26 heavy (non-hydrogen) atoms. The fourth-order valence-corrected chi connectivity index (χ4v) is 2.67. The number of benzene rings is 3. The number of hydrogen-bond donors (Lipinski definition) is 2. The van der Waals surface area contributed by atoms with Crippen LogP contribution in [0, 0.1) is 6.92 Å². The molecule has 3 aromatic rings. The van der Waals surface area contributed by atoms with Gasteiger partial charge in [-0.15, -0.1) is 0 Å². The van der Waals surface area contributed by atoms with E-state index in [-0.39, 0.29) is 18.4 Å². The van der Waals surface area contributed by atoms with E-state index in [1.54, 1.807) is 24.3 Å². The van der Waals surface area contributed by atoms with Crippen LogP contribution in [0.15, 0.2) is 78.9 Å². The molecular formula is C22H20N2O2. The van der Waals surface area contributed by atoms with Gasteiger partial charge in [-0.3, -0.25) is 9.59 Å². The van der Waals surface area contributed by atoms with Gasteiger partial charge in [-0.05, 0) is 36.8 Å². The van der Waals surface area contributed by atoms with Gasteiger partial charge in [0.15, 0.2) is 0 Å². The first-order chi connectivity index (χ1) is 12.6. The van der Waals surface area contributed by atoms with Crippen LogP contribution in [0.5, 0.6) is 0 Å². The summed E-state index contributed by atoms with van der Waals surface area (Å²) in [6.45, 7) is 1.92. The molecule has 130 valence electrons. The average Bonchev–Trinajstić information content (AvgIpc) is 2.69. The van der Waals surface area contributed by atoms with Crippen molar-refractivity contribution < 1.29 is 9.59 Å². The lowest BCUT2D eigenvalue weighted by Crippen LogP contribution is -2.32. The van der Waals surface area contributed by atoms with Crippen molar-refractivity contribution in [3.8, 4) is 11.1 Å². The van der Waals surface area contributed by atoms with Gasteiger partial charge in [0.1, 0.15) is 0 Å². The molecule has 0 saturated carbocycles. The van der Waals surface area contributed by atoms with Crippen LogP contribution in [0.2, 0.25) is 0 Å². The Labute approximate surface area is 152 Å². The van der Waals surface area contributed by atoms with E-state index in [0.29, 0.717) is 5.56 Å². The molecule has 3 aromatic carbocycles. The van der Waals surface area contributed by atoms with E-state index in [4.69, 9.17) is 0 Å². The zero-order chi connectivity index (χ0) is 18.4. The molecule has 0 saturated heterocycles. The molecule has 3 rings (SSSR count). The summed E-state index contributed by atoms with van der Waals surface area (Å²) in [4.78, 5) is 24.3. The summed E-state index contributed by atoms with van der Waals surface area (Å²) in [6, 6.07) is 24.6. The molecule has 2 amide bonds. The van der Waals surface area contributed by atoms with Crippen molar-refractivity contribution in [3.05, 3.63) is 90.0 Å². The van der Waals surface area contributed by atoms with E-state index < -0.39 is 0 Å². The summed E-state index contributed by atoms with van der Waals surface area (Å²) in [5, 5.41) is 5.53. The predicted octanol–water partition coefficient (Wildman–Crippen LogP) is 4.03. The van der Waals surface area contributed by atoms with Crippen LogP contribution in [-0.4, -0.2) is 18.4 Å². The lowest BCUT2D eigenvalue weighted by molar-refractivity contribution is -0.115. The normalized spacial score (nSPS) is 10.2. The van der Waals surface area contributed by atoms with Crippen LogP contribution in [0.1, 0.15) is 15.9 Å². The molecule has 0 aliphatic heterocycles. The van der Waals surface area contributed by atoms with Crippen molar-refractivity contribution in [2.75, 3.05) is 11.9 Å². The highest BCUT2D eigenvalue weighted by Gasteiger charge is 2.11. The zero-order valence-electron chi connectivity index (χ0n) is 14.5. The Morgan fingerprint density at radius 2 is 1.50 bits per heavy atom. The van der Waals surface area contributed by atoms with Gasteiger partial charge < -0.3 is 10.6 Å². The van der Waals surface area contributed by atoms with E-state index in [9.17, 15) is 9.59 Å². The standard InChI is InChI=1S/C22H20N2O2/c1-16-12-13-20(19(14-16)17-8-4-2-5-9-17)24-21(25)15-23-22(26)18-10-6-3-7-11-18/h2-14H,15H2,1H3,(H,23,26)(H,24,25). The molecule has 0 bridgehead atoms. The minimum Gasteiger partial charge on any atom is -0.343 e. The van der Waals surface area contributed by atoms with E-state index in [1.807, 2.05) is 61.5 Å². The Hall–Kier alpha value is -3.40.